The Labute approximate surface area is 144 Å². The van der Waals surface area contributed by atoms with Crippen molar-refractivity contribution in [2.75, 3.05) is 6.54 Å². The summed E-state index contributed by atoms with van der Waals surface area (Å²) in [6, 6.07) is -0.905. The molecule has 0 aromatic carbocycles. The third-order valence-corrected chi connectivity index (χ3v) is 5.16. The third kappa shape index (κ3) is 2.65. The first-order chi connectivity index (χ1) is 10.9. The third-order valence-electron chi connectivity index (χ3n) is 4.16. The van der Waals surface area contributed by atoms with Gasteiger partial charge in [-0.25, -0.2) is 4.79 Å². The molecule has 1 unspecified atom stereocenters. The first kappa shape index (κ1) is 18.9. The number of aliphatic hydroxyl groups is 3. The molecule has 2 rings (SSSR count). The minimum atomic E-state index is -2.70. The molecule has 0 spiro atoms. The molecule has 134 valence electrons. The zero-order valence-corrected chi connectivity index (χ0v) is 14.4. The van der Waals surface area contributed by atoms with Gasteiger partial charge in [0, 0.05) is 13.0 Å². The van der Waals surface area contributed by atoms with E-state index >= 15 is 0 Å². The number of carbonyl (C=O) groups excluding carboxylic acids is 4. The number of alkyl halides is 1. The quantitative estimate of drug-likeness (QED) is 0.389. The molecule has 0 radical (unpaired) electrons. The Bertz CT molecular complexity index is 609. The lowest BCUT2D eigenvalue weighted by molar-refractivity contribution is -0.164. The predicted octanol–water partition coefficient (Wildman–Crippen LogP) is -1.99. The number of aliphatic hydroxyl groups excluding tert-OH is 1. The van der Waals surface area contributed by atoms with E-state index in [1.807, 2.05) is 5.32 Å². The standard InChI is InChI=1S/C13H17BrN2O8/c1-5(17)8(20)9-12(22,6(2)18)13(14,23)10(24-9)16-4-3-7(19)15-11(16)21/h8-10,20,22-23H,3-4H2,1-2H3,(H,15,19,21)/t8?,9-,10-,12-,13+/m1/s1. The fourth-order valence-electron chi connectivity index (χ4n) is 2.76. The van der Waals surface area contributed by atoms with Gasteiger partial charge < -0.3 is 20.1 Å². The zero-order chi connectivity index (χ0) is 18.4. The maximum absolute atomic E-state index is 12.0. The number of amides is 3. The maximum Gasteiger partial charge on any atom is 0.326 e. The number of ether oxygens (including phenoxy) is 1. The van der Waals surface area contributed by atoms with Crippen molar-refractivity contribution in [3.63, 3.8) is 0 Å². The summed E-state index contributed by atoms with van der Waals surface area (Å²) in [5.74, 6) is -2.32. The van der Waals surface area contributed by atoms with Crippen LogP contribution in [0.3, 0.4) is 0 Å². The van der Waals surface area contributed by atoms with Crippen LogP contribution >= 0.6 is 15.9 Å². The number of halogens is 1. The summed E-state index contributed by atoms with van der Waals surface area (Å²) in [7, 11) is 0. The second-order valence-corrected chi connectivity index (χ2v) is 6.97. The topological polar surface area (TPSA) is 153 Å². The van der Waals surface area contributed by atoms with E-state index in [1.54, 1.807) is 0 Å². The summed E-state index contributed by atoms with van der Waals surface area (Å²) in [5, 5.41) is 33.4. The van der Waals surface area contributed by atoms with Gasteiger partial charge in [0.2, 0.25) is 10.4 Å². The predicted molar refractivity (Wildman–Crippen MR) is 79.7 cm³/mol. The second-order valence-electron chi connectivity index (χ2n) is 5.76. The first-order valence-corrected chi connectivity index (χ1v) is 7.83. The Morgan fingerprint density at radius 2 is 1.96 bits per heavy atom. The summed E-state index contributed by atoms with van der Waals surface area (Å²) >= 11 is 2.80. The van der Waals surface area contributed by atoms with Crippen molar-refractivity contribution in [1.82, 2.24) is 10.2 Å². The summed E-state index contributed by atoms with van der Waals surface area (Å²) in [5.41, 5.74) is -2.70. The Morgan fingerprint density at radius 1 is 1.38 bits per heavy atom. The summed E-state index contributed by atoms with van der Waals surface area (Å²) in [4.78, 5) is 47.5. The van der Waals surface area contributed by atoms with Crippen molar-refractivity contribution in [1.29, 1.82) is 0 Å². The monoisotopic (exact) mass is 408 g/mol. The molecule has 24 heavy (non-hydrogen) atoms. The van der Waals surface area contributed by atoms with Crippen LogP contribution in [-0.2, 0) is 19.1 Å². The van der Waals surface area contributed by atoms with Gasteiger partial charge in [0.05, 0.1) is 0 Å². The minimum Gasteiger partial charge on any atom is -0.382 e. The SMILES string of the molecule is CC(=O)C(O)[C@H]1O[C@@H](N2CCC(=O)NC2=O)[C@@](O)(Br)[C@@]1(O)C(C)=O. The molecule has 0 aromatic heterocycles. The fraction of sp³-hybridized carbons (Fsp3) is 0.692. The highest BCUT2D eigenvalue weighted by Crippen LogP contribution is 2.47. The fourth-order valence-corrected chi connectivity index (χ4v) is 3.62. The van der Waals surface area contributed by atoms with E-state index in [-0.39, 0.29) is 13.0 Å². The number of nitrogens with zero attached hydrogens (tertiary/aromatic N) is 1. The number of hydrogen-bond donors (Lipinski definition) is 4. The average Bonchev–Trinajstić information content (AvgIpc) is 2.67. The molecule has 0 bridgehead atoms. The molecule has 11 heteroatoms. The van der Waals surface area contributed by atoms with Gasteiger partial charge >= 0.3 is 6.03 Å². The van der Waals surface area contributed by atoms with Gasteiger partial charge in [-0.15, -0.1) is 0 Å². The van der Waals surface area contributed by atoms with Crippen LogP contribution < -0.4 is 5.32 Å². The van der Waals surface area contributed by atoms with Crippen molar-refractivity contribution in [2.45, 2.75) is 48.8 Å². The van der Waals surface area contributed by atoms with Crippen LogP contribution in [0.2, 0.25) is 0 Å². The van der Waals surface area contributed by atoms with E-state index in [2.05, 4.69) is 15.9 Å². The van der Waals surface area contributed by atoms with Crippen LogP contribution in [0.1, 0.15) is 20.3 Å². The first-order valence-electron chi connectivity index (χ1n) is 7.03. The molecule has 0 aliphatic carbocycles. The molecule has 2 aliphatic rings. The molecule has 0 saturated carbocycles. The van der Waals surface area contributed by atoms with Crippen LogP contribution in [0.25, 0.3) is 0 Å². The number of nitrogens with one attached hydrogen (secondary N) is 1. The van der Waals surface area contributed by atoms with Gasteiger partial charge in [-0.1, -0.05) is 0 Å². The Kier molecular flexibility index (Phi) is 4.85. The van der Waals surface area contributed by atoms with Crippen LogP contribution in [0, 0.1) is 0 Å². The lowest BCUT2D eigenvalue weighted by atomic mass is 9.84. The molecule has 0 aromatic rings. The highest BCUT2D eigenvalue weighted by Gasteiger charge is 2.71. The van der Waals surface area contributed by atoms with Crippen molar-refractivity contribution >= 4 is 39.4 Å². The number of ketones is 2. The van der Waals surface area contributed by atoms with Crippen molar-refractivity contribution < 1.29 is 39.2 Å². The molecule has 4 N–H and O–H groups in total. The molecule has 2 fully saturated rings. The average molecular weight is 409 g/mol. The van der Waals surface area contributed by atoms with Crippen LogP contribution in [-0.4, -0.2) is 78.8 Å². The summed E-state index contributed by atoms with van der Waals surface area (Å²) < 4.78 is 2.83. The van der Waals surface area contributed by atoms with E-state index in [9.17, 15) is 34.5 Å². The number of hydrogen-bond acceptors (Lipinski definition) is 8. The Morgan fingerprint density at radius 3 is 2.42 bits per heavy atom. The normalized spacial score (nSPS) is 38.0. The largest absolute Gasteiger partial charge is 0.382 e. The molecular formula is C13H17BrN2O8. The second kappa shape index (κ2) is 6.15. The summed E-state index contributed by atoms with van der Waals surface area (Å²) in [6.45, 7) is 1.80. The van der Waals surface area contributed by atoms with Gasteiger partial charge in [0.25, 0.3) is 0 Å². The lowest BCUT2D eigenvalue weighted by Gasteiger charge is -2.39. The minimum absolute atomic E-state index is 0.0902. The van der Waals surface area contributed by atoms with Crippen molar-refractivity contribution in [2.24, 2.45) is 0 Å². The molecule has 10 nitrogen and oxygen atoms in total. The maximum atomic E-state index is 12.0. The van der Waals surface area contributed by atoms with E-state index < -0.39 is 52.1 Å². The van der Waals surface area contributed by atoms with Gasteiger partial charge in [-0.3, -0.25) is 24.6 Å². The highest BCUT2D eigenvalue weighted by molar-refractivity contribution is 9.10. The number of carbonyl (C=O) groups is 4. The number of urea groups is 1. The molecular weight excluding hydrogens is 392 g/mol. The van der Waals surface area contributed by atoms with Gasteiger partial charge in [0.1, 0.15) is 12.2 Å². The highest BCUT2D eigenvalue weighted by atomic mass is 79.9. The van der Waals surface area contributed by atoms with Gasteiger partial charge in [-0.2, -0.15) is 0 Å². The van der Waals surface area contributed by atoms with Crippen molar-refractivity contribution in [3.8, 4) is 0 Å². The van der Waals surface area contributed by atoms with E-state index in [1.165, 1.54) is 0 Å². The van der Waals surface area contributed by atoms with E-state index in [4.69, 9.17) is 4.74 Å². The van der Waals surface area contributed by atoms with Crippen LogP contribution in [0.15, 0.2) is 0 Å². The molecule has 5 atom stereocenters. The Balaban J connectivity index is 2.45. The zero-order valence-electron chi connectivity index (χ0n) is 12.9. The lowest BCUT2D eigenvalue weighted by Crippen LogP contribution is -2.66. The van der Waals surface area contributed by atoms with E-state index in [0.717, 1.165) is 18.7 Å². The number of rotatable bonds is 4. The molecule has 3 amide bonds. The summed E-state index contributed by atoms with van der Waals surface area (Å²) in [6.07, 6.45) is -5.44. The Hall–Kier alpha value is -1.40. The van der Waals surface area contributed by atoms with Gasteiger partial charge in [-0.05, 0) is 29.8 Å². The van der Waals surface area contributed by atoms with E-state index in [0.29, 0.717) is 0 Å². The van der Waals surface area contributed by atoms with Crippen LogP contribution in [0.5, 0.6) is 0 Å². The molecule has 2 saturated heterocycles. The smallest absolute Gasteiger partial charge is 0.326 e. The van der Waals surface area contributed by atoms with Crippen molar-refractivity contribution in [3.05, 3.63) is 0 Å². The van der Waals surface area contributed by atoms with Gasteiger partial charge in [0.15, 0.2) is 23.4 Å². The molecule has 2 heterocycles. The molecule has 2 aliphatic heterocycles. The number of imide groups is 1. The number of Topliss-reactive ketones (excluding diaryl/α,β-unsaturated/α-hetero) is 2. The van der Waals surface area contributed by atoms with Crippen LogP contribution in [0.4, 0.5) is 4.79 Å².